The third-order valence-electron chi connectivity index (χ3n) is 3.07. The number of hydrogen-bond donors (Lipinski definition) is 1. The largest absolute Gasteiger partial charge is 0.426 e. The Bertz CT molecular complexity index is 396. The number of hydrogen-bond acceptors (Lipinski definition) is 3. The molecule has 0 unspecified atom stereocenters. The Hall–Kier alpha value is -1.35. The SMILES string of the molecule is CC(C)c1cccc(C(C)C)c1OC(=O)CCCO. The lowest BCUT2D eigenvalue weighted by Gasteiger charge is -2.18. The highest BCUT2D eigenvalue weighted by molar-refractivity contribution is 5.73. The maximum Gasteiger partial charge on any atom is 0.311 e. The molecule has 1 aromatic carbocycles. The second-order valence-corrected chi connectivity index (χ2v) is 5.38. The molecule has 0 bridgehead atoms. The standard InChI is InChI=1S/C16H24O3/c1-11(2)13-7-5-8-14(12(3)4)16(13)19-15(18)9-6-10-17/h5,7-8,11-12,17H,6,9-10H2,1-4H3. The molecule has 106 valence electrons. The molecule has 0 amide bonds. The summed E-state index contributed by atoms with van der Waals surface area (Å²) in [7, 11) is 0. The molecule has 0 aliphatic carbocycles. The molecule has 3 nitrogen and oxygen atoms in total. The summed E-state index contributed by atoms with van der Waals surface area (Å²) in [6.45, 7) is 8.36. The smallest absolute Gasteiger partial charge is 0.311 e. The minimum absolute atomic E-state index is 0.0119. The molecule has 0 radical (unpaired) electrons. The average Bonchev–Trinajstić information content (AvgIpc) is 2.35. The fourth-order valence-corrected chi connectivity index (χ4v) is 1.99. The Morgan fingerprint density at radius 3 is 2.11 bits per heavy atom. The van der Waals surface area contributed by atoms with Crippen molar-refractivity contribution >= 4 is 5.97 Å². The number of carbonyl (C=O) groups is 1. The number of aliphatic hydroxyl groups is 1. The molecule has 1 rings (SSSR count). The highest BCUT2D eigenvalue weighted by Crippen LogP contribution is 2.34. The second kappa shape index (κ2) is 7.29. The van der Waals surface area contributed by atoms with Crippen LogP contribution in [0.15, 0.2) is 18.2 Å². The lowest BCUT2D eigenvalue weighted by Crippen LogP contribution is -2.12. The number of carbonyl (C=O) groups excluding carboxylic acids is 1. The molecular weight excluding hydrogens is 240 g/mol. The Kier molecular flexibility index (Phi) is 6.03. The third-order valence-corrected chi connectivity index (χ3v) is 3.07. The quantitative estimate of drug-likeness (QED) is 0.630. The number of para-hydroxylation sites is 1. The van der Waals surface area contributed by atoms with Gasteiger partial charge in [-0.2, -0.15) is 0 Å². The van der Waals surface area contributed by atoms with Gasteiger partial charge in [0, 0.05) is 13.0 Å². The Balaban J connectivity index is 3.04. The van der Waals surface area contributed by atoms with Gasteiger partial charge in [-0.05, 0) is 29.4 Å². The molecule has 0 atom stereocenters. The minimum atomic E-state index is -0.274. The van der Waals surface area contributed by atoms with Crippen molar-refractivity contribution in [1.29, 1.82) is 0 Å². The van der Waals surface area contributed by atoms with Gasteiger partial charge in [-0.25, -0.2) is 0 Å². The fourth-order valence-electron chi connectivity index (χ4n) is 1.99. The van der Waals surface area contributed by atoms with Gasteiger partial charge in [0.1, 0.15) is 5.75 Å². The molecule has 19 heavy (non-hydrogen) atoms. The number of benzene rings is 1. The van der Waals surface area contributed by atoms with Gasteiger partial charge < -0.3 is 9.84 Å². The molecule has 1 N–H and O–H groups in total. The summed E-state index contributed by atoms with van der Waals surface area (Å²) < 4.78 is 5.55. The summed E-state index contributed by atoms with van der Waals surface area (Å²) in [5, 5.41) is 8.76. The van der Waals surface area contributed by atoms with E-state index in [0.717, 1.165) is 11.1 Å². The van der Waals surface area contributed by atoms with Crippen LogP contribution in [0.1, 0.15) is 63.5 Å². The van der Waals surface area contributed by atoms with Gasteiger partial charge in [0.15, 0.2) is 0 Å². The summed E-state index contributed by atoms with van der Waals surface area (Å²) in [5.74, 6) is 1.04. The number of ether oxygens (including phenoxy) is 1. The summed E-state index contributed by atoms with van der Waals surface area (Å²) in [6.07, 6.45) is 0.695. The zero-order valence-corrected chi connectivity index (χ0v) is 12.3. The van der Waals surface area contributed by atoms with Gasteiger partial charge in [0.25, 0.3) is 0 Å². The van der Waals surface area contributed by atoms with Crippen LogP contribution in [0.5, 0.6) is 5.75 Å². The van der Waals surface area contributed by atoms with Crippen molar-refractivity contribution in [3.8, 4) is 5.75 Å². The van der Waals surface area contributed by atoms with Crippen LogP contribution in [0.25, 0.3) is 0 Å². The first kappa shape index (κ1) is 15.7. The van der Waals surface area contributed by atoms with Crippen molar-refractivity contribution in [3.05, 3.63) is 29.3 Å². The van der Waals surface area contributed by atoms with Crippen LogP contribution in [-0.2, 0) is 4.79 Å². The summed E-state index contributed by atoms with van der Waals surface area (Å²) in [5.41, 5.74) is 2.12. The van der Waals surface area contributed by atoms with Crippen LogP contribution in [0.3, 0.4) is 0 Å². The molecule has 1 aromatic rings. The summed E-state index contributed by atoms with van der Waals surface area (Å²) in [4.78, 5) is 11.8. The van der Waals surface area contributed by atoms with E-state index < -0.39 is 0 Å². The molecule has 0 spiro atoms. The zero-order chi connectivity index (χ0) is 14.4. The van der Waals surface area contributed by atoms with Crippen molar-refractivity contribution in [3.63, 3.8) is 0 Å². The molecule has 0 aliphatic rings. The van der Waals surface area contributed by atoms with E-state index in [1.54, 1.807) is 0 Å². The van der Waals surface area contributed by atoms with Gasteiger partial charge >= 0.3 is 5.97 Å². The summed E-state index contributed by atoms with van der Waals surface area (Å²) >= 11 is 0. The van der Waals surface area contributed by atoms with E-state index in [0.29, 0.717) is 24.0 Å². The number of esters is 1. The lowest BCUT2D eigenvalue weighted by atomic mass is 9.94. The van der Waals surface area contributed by atoms with Crippen LogP contribution in [0.4, 0.5) is 0 Å². The van der Waals surface area contributed by atoms with Crippen molar-refractivity contribution in [2.24, 2.45) is 0 Å². The van der Waals surface area contributed by atoms with Crippen molar-refractivity contribution < 1.29 is 14.6 Å². The van der Waals surface area contributed by atoms with Gasteiger partial charge in [-0.15, -0.1) is 0 Å². The van der Waals surface area contributed by atoms with E-state index >= 15 is 0 Å². The van der Waals surface area contributed by atoms with Crippen LogP contribution in [0, 0.1) is 0 Å². The van der Waals surface area contributed by atoms with Crippen LogP contribution < -0.4 is 4.74 Å². The van der Waals surface area contributed by atoms with Gasteiger partial charge in [-0.1, -0.05) is 45.9 Å². The van der Waals surface area contributed by atoms with E-state index in [4.69, 9.17) is 9.84 Å². The summed E-state index contributed by atoms with van der Waals surface area (Å²) in [6, 6.07) is 6.02. The predicted molar refractivity (Wildman–Crippen MR) is 76.6 cm³/mol. The Labute approximate surface area is 115 Å². The molecule has 0 aliphatic heterocycles. The molecule has 0 fully saturated rings. The number of aliphatic hydroxyl groups excluding tert-OH is 1. The van der Waals surface area contributed by atoms with E-state index in [9.17, 15) is 4.79 Å². The van der Waals surface area contributed by atoms with E-state index in [1.807, 2.05) is 18.2 Å². The maximum atomic E-state index is 11.8. The van der Waals surface area contributed by atoms with Gasteiger partial charge in [-0.3, -0.25) is 4.79 Å². The predicted octanol–water partition coefficient (Wildman–Crippen LogP) is 3.61. The average molecular weight is 264 g/mol. The minimum Gasteiger partial charge on any atom is -0.426 e. The molecule has 3 heteroatoms. The highest BCUT2D eigenvalue weighted by atomic mass is 16.5. The van der Waals surface area contributed by atoms with Crippen molar-refractivity contribution in [1.82, 2.24) is 0 Å². The first-order chi connectivity index (χ1) is 8.97. The maximum absolute atomic E-state index is 11.8. The van der Waals surface area contributed by atoms with E-state index in [2.05, 4.69) is 27.7 Å². The molecule has 0 saturated heterocycles. The molecule has 0 saturated carbocycles. The van der Waals surface area contributed by atoms with Crippen LogP contribution in [0.2, 0.25) is 0 Å². The molecule has 0 aromatic heterocycles. The Morgan fingerprint density at radius 2 is 1.68 bits per heavy atom. The van der Waals surface area contributed by atoms with Gasteiger partial charge in [0.2, 0.25) is 0 Å². The van der Waals surface area contributed by atoms with Crippen molar-refractivity contribution in [2.75, 3.05) is 6.61 Å². The fraction of sp³-hybridized carbons (Fsp3) is 0.562. The number of rotatable bonds is 6. The van der Waals surface area contributed by atoms with E-state index in [1.165, 1.54) is 0 Å². The monoisotopic (exact) mass is 264 g/mol. The second-order valence-electron chi connectivity index (χ2n) is 5.38. The van der Waals surface area contributed by atoms with Crippen LogP contribution in [-0.4, -0.2) is 17.7 Å². The van der Waals surface area contributed by atoms with Crippen LogP contribution >= 0.6 is 0 Å². The first-order valence-electron chi connectivity index (χ1n) is 6.91. The normalized spacial score (nSPS) is 11.1. The zero-order valence-electron chi connectivity index (χ0n) is 12.3. The van der Waals surface area contributed by atoms with Crippen molar-refractivity contribution in [2.45, 2.75) is 52.4 Å². The third kappa shape index (κ3) is 4.35. The molecule has 0 heterocycles. The Morgan fingerprint density at radius 1 is 1.16 bits per heavy atom. The van der Waals surface area contributed by atoms with Gasteiger partial charge in [0.05, 0.1) is 0 Å². The first-order valence-corrected chi connectivity index (χ1v) is 6.91. The lowest BCUT2D eigenvalue weighted by molar-refractivity contribution is -0.134. The highest BCUT2D eigenvalue weighted by Gasteiger charge is 2.17. The molecular formula is C16H24O3. The van der Waals surface area contributed by atoms with E-state index in [-0.39, 0.29) is 19.0 Å². The topological polar surface area (TPSA) is 46.5 Å².